The molecule has 26 heavy (non-hydrogen) atoms. The lowest BCUT2D eigenvalue weighted by Gasteiger charge is -2.10. The van der Waals surface area contributed by atoms with Crippen molar-refractivity contribution in [2.75, 3.05) is 12.4 Å². The maximum absolute atomic E-state index is 11.8. The average molecular weight is 348 g/mol. The van der Waals surface area contributed by atoms with Gasteiger partial charge in [0.05, 0.1) is 12.8 Å². The normalized spacial score (nSPS) is 10.8. The molecule has 0 aliphatic carbocycles. The fourth-order valence-electron chi connectivity index (χ4n) is 2.75. The summed E-state index contributed by atoms with van der Waals surface area (Å²) in [5.74, 6) is 0.648. The first-order valence-corrected chi connectivity index (χ1v) is 8.03. The molecule has 0 saturated carbocycles. The van der Waals surface area contributed by atoms with Crippen LogP contribution in [0.1, 0.15) is 5.56 Å². The summed E-state index contributed by atoms with van der Waals surface area (Å²) in [7, 11) is 1.58. The van der Waals surface area contributed by atoms with Gasteiger partial charge >= 0.3 is 5.63 Å². The van der Waals surface area contributed by atoms with Crippen molar-refractivity contribution in [1.82, 2.24) is 14.8 Å². The minimum atomic E-state index is -0.385. The number of fused-ring (bicyclic) bond motifs is 1. The van der Waals surface area contributed by atoms with E-state index in [1.165, 1.54) is 12.4 Å². The van der Waals surface area contributed by atoms with E-state index in [0.717, 1.165) is 22.3 Å². The molecule has 7 heteroatoms. The molecule has 0 radical (unpaired) electrons. The number of methoxy groups -OCH3 is 1. The van der Waals surface area contributed by atoms with Crippen LogP contribution in [0.4, 0.5) is 5.69 Å². The van der Waals surface area contributed by atoms with Crippen molar-refractivity contribution < 1.29 is 9.15 Å². The summed E-state index contributed by atoms with van der Waals surface area (Å²) in [6, 6.07) is 14.7. The van der Waals surface area contributed by atoms with Crippen LogP contribution >= 0.6 is 0 Å². The number of benzene rings is 2. The molecule has 0 unspecified atom stereocenters. The Morgan fingerprint density at radius 1 is 1.15 bits per heavy atom. The van der Waals surface area contributed by atoms with E-state index in [1.54, 1.807) is 24.2 Å². The van der Waals surface area contributed by atoms with Gasteiger partial charge in [0.1, 0.15) is 24.0 Å². The van der Waals surface area contributed by atoms with Gasteiger partial charge in [0, 0.05) is 29.8 Å². The first kappa shape index (κ1) is 15.9. The van der Waals surface area contributed by atoms with Gasteiger partial charge in [-0.25, -0.2) is 14.5 Å². The van der Waals surface area contributed by atoms with Crippen LogP contribution in [-0.2, 0) is 6.54 Å². The standard InChI is InChI=1S/C19H16N4O3/c1-25-16-6-7-17-13(8-19(24)26-18(17)9-16)10-21-14-2-4-15(5-3-14)23-12-20-11-22-23/h2-9,11-12,21H,10H2,1H3. The van der Waals surface area contributed by atoms with Crippen LogP contribution in [-0.4, -0.2) is 21.9 Å². The van der Waals surface area contributed by atoms with Crippen molar-refractivity contribution in [3.05, 3.63) is 77.2 Å². The molecule has 2 heterocycles. The minimum absolute atomic E-state index is 0.385. The Bertz CT molecular complexity index is 1090. The van der Waals surface area contributed by atoms with Gasteiger partial charge in [-0.3, -0.25) is 0 Å². The lowest BCUT2D eigenvalue weighted by atomic mass is 10.1. The molecular formula is C19H16N4O3. The van der Waals surface area contributed by atoms with E-state index in [1.807, 2.05) is 36.4 Å². The smallest absolute Gasteiger partial charge is 0.336 e. The third-order valence-corrected chi connectivity index (χ3v) is 4.07. The number of anilines is 1. The van der Waals surface area contributed by atoms with Gasteiger partial charge in [-0.1, -0.05) is 0 Å². The molecule has 0 bridgehead atoms. The number of ether oxygens (including phenoxy) is 1. The van der Waals surface area contributed by atoms with Crippen molar-refractivity contribution in [2.24, 2.45) is 0 Å². The third kappa shape index (κ3) is 3.14. The summed E-state index contributed by atoms with van der Waals surface area (Å²) in [4.78, 5) is 15.8. The fourth-order valence-corrected chi connectivity index (χ4v) is 2.75. The molecular weight excluding hydrogens is 332 g/mol. The maximum atomic E-state index is 11.8. The largest absolute Gasteiger partial charge is 0.497 e. The highest BCUT2D eigenvalue weighted by molar-refractivity contribution is 5.81. The van der Waals surface area contributed by atoms with E-state index in [9.17, 15) is 4.79 Å². The summed E-state index contributed by atoms with van der Waals surface area (Å²) < 4.78 is 12.1. The molecule has 1 N–H and O–H groups in total. The summed E-state index contributed by atoms with van der Waals surface area (Å²) >= 11 is 0. The first-order valence-electron chi connectivity index (χ1n) is 8.03. The molecule has 0 spiro atoms. The molecule has 0 fully saturated rings. The number of hydrogen-bond acceptors (Lipinski definition) is 6. The van der Waals surface area contributed by atoms with Gasteiger partial charge in [-0.2, -0.15) is 5.10 Å². The van der Waals surface area contributed by atoms with Gasteiger partial charge in [0.15, 0.2) is 0 Å². The Balaban J connectivity index is 1.57. The number of aromatic nitrogens is 3. The second-order valence-electron chi connectivity index (χ2n) is 5.69. The van der Waals surface area contributed by atoms with Crippen LogP contribution in [0.3, 0.4) is 0 Å². The topological polar surface area (TPSA) is 82.2 Å². The molecule has 0 aliphatic heterocycles. The Labute approximate surface area is 148 Å². The third-order valence-electron chi connectivity index (χ3n) is 4.07. The Morgan fingerprint density at radius 2 is 2.00 bits per heavy atom. The molecule has 2 aromatic carbocycles. The number of rotatable bonds is 5. The Kier molecular flexibility index (Phi) is 4.10. The highest BCUT2D eigenvalue weighted by Crippen LogP contribution is 2.23. The lowest BCUT2D eigenvalue weighted by molar-refractivity contribution is 0.414. The second kappa shape index (κ2) is 6.72. The number of nitrogens with one attached hydrogen (secondary N) is 1. The molecule has 4 aromatic rings. The van der Waals surface area contributed by atoms with E-state index in [4.69, 9.17) is 9.15 Å². The van der Waals surface area contributed by atoms with Gasteiger partial charge in [0.2, 0.25) is 0 Å². The molecule has 130 valence electrons. The molecule has 2 aromatic heterocycles. The van der Waals surface area contributed by atoms with Crippen LogP contribution in [0.2, 0.25) is 0 Å². The average Bonchev–Trinajstić information content (AvgIpc) is 3.20. The summed E-state index contributed by atoms with van der Waals surface area (Å²) in [5.41, 5.74) is 2.84. The van der Waals surface area contributed by atoms with E-state index < -0.39 is 0 Å². The van der Waals surface area contributed by atoms with Gasteiger partial charge < -0.3 is 14.5 Å². The summed E-state index contributed by atoms with van der Waals surface area (Å²) in [6.07, 6.45) is 3.14. The summed E-state index contributed by atoms with van der Waals surface area (Å²) in [5, 5.41) is 8.29. The second-order valence-corrected chi connectivity index (χ2v) is 5.69. The van der Waals surface area contributed by atoms with Gasteiger partial charge in [0.25, 0.3) is 0 Å². The van der Waals surface area contributed by atoms with Crippen molar-refractivity contribution in [2.45, 2.75) is 6.54 Å². The van der Waals surface area contributed by atoms with Crippen LogP contribution < -0.4 is 15.7 Å². The number of nitrogens with zero attached hydrogens (tertiary/aromatic N) is 3. The van der Waals surface area contributed by atoms with Crippen LogP contribution in [0.5, 0.6) is 5.75 Å². The monoisotopic (exact) mass is 348 g/mol. The maximum Gasteiger partial charge on any atom is 0.336 e. The molecule has 0 amide bonds. The van der Waals surface area contributed by atoms with E-state index in [0.29, 0.717) is 17.9 Å². The zero-order valence-corrected chi connectivity index (χ0v) is 14.0. The van der Waals surface area contributed by atoms with Crippen LogP contribution in [0.15, 0.2) is 70.4 Å². The van der Waals surface area contributed by atoms with E-state index in [-0.39, 0.29) is 5.63 Å². The number of hydrogen-bond donors (Lipinski definition) is 1. The van der Waals surface area contributed by atoms with Crippen molar-refractivity contribution >= 4 is 16.7 Å². The van der Waals surface area contributed by atoms with Gasteiger partial charge in [-0.15, -0.1) is 0 Å². The Morgan fingerprint density at radius 3 is 2.73 bits per heavy atom. The molecule has 0 saturated heterocycles. The van der Waals surface area contributed by atoms with Crippen molar-refractivity contribution in [3.8, 4) is 11.4 Å². The van der Waals surface area contributed by atoms with Crippen LogP contribution in [0, 0.1) is 0 Å². The van der Waals surface area contributed by atoms with E-state index in [2.05, 4.69) is 15.4 Å². The SMILES string of the molecule is COc1ccc2c(CNc3ccc(-n4cncn4)cc3)cc(=O)oc2c1. The van der Waals surface area contributed by atoms with Crippen LogP contribution in [0.25, 0.3) is 16.7 Å². The predicted molar refractivity (Wildman–Crippen MR) is 97.7 cm³/mol. The van der Waals surface area contributed by atoms with E-state index >= 15 is 0 Å². The lowest BCUT2D eigenvalue weighted by Crippen LogP contribution is -2.06. The van der Waals surface area contributed by atoms with Gasteiger partial charge in [-0.05, 0) is 42.0 Å². The molecule has 7 nitrogen and oxygen atoms in total. The minimum Gasteiger partial charge on any atom is -0.497 e. The van der Waals surface area contributed by atoms with Crippen molar-refractivity contribution in [1.29, 1.82) is 0 Å². The zero-order valence-electron chi connectivity index (χ0n) is 14.0. The summed E-state index contributed by atoms with van der Waals surface area (Å²) in [6.45, 7) is 0.497. The highest BCUT2D eigenvalue weighted by atomic mass is 16.5. The quantitative estimate of drug-likeness (QED) is 0.558. The zero-order chi connectivity index (χ0) is 17.9. The predicted octanol–water partition coefficient (Wildman–Crippen LogP) is 2.99. The Hall–Kier alpha value is -3.61. The molecule has 0 aliphatic rings. The molecule has 4 rings (SSSR count). The molecule has 0 atom stereocenters. The van der Waals surface area contributed by atoms with Crippen molar-refractivity contribution in [3.63, 3.8) is 0 Å². The highest BCUT2D eigenvalue weighted by Gasteiger charge is 2.07. The fraction of sp³-hybridized carbons (Fsp3) is 0.105. The first-order chi connectivity index (χ1) is 12.7.